The molecule has 23 heavy (non-hydrogen) atoms. The molecule has 3 rings (SSSR count). The zero-order valence-electron chi connectivity index (χ0n) is 12.5. The lowest BCUT2D eigenvalue weighted by Crippen LogP contribution is -2.49. The molecular weight excluding hydrogens is 322 g/mol. The number of hydrogen-bond donors (Lipinski definition) is 2. The largest absolute Gasteiger partial charge is 0.481 e. The van der Waals surface area contributed by atoms with Crippen molar-refractivity contribution in [1.29, 1.82) is 0 Å². The number of benzene rings is 1. The fourth-order valence-electron chi connectivity index (χ4n) is 2.96. The molecule has 124 valence electrons. The Kier molecular flexibility index (Phi) is 4.46. The lowest BCUT2D eigenvalue weighted by atomic mass is 9.80. The Morgan fingerprint density at radius 2 is 2.09 bits per heavy atom. The number of fused-ring (bicyclic) bond motifs is 1. The van der Waals surface area contributed by atoms with Crippen LogP contribution in [0.3, 0.4) is 0 Å². The molecule has 1 aromatic rings. The van der Waals surface area contributed by atoms with Gasteiger partial charge in [0.2, 0.25) is 0 Å². The summed E-state index contributed by atoms with van der Waals surface area (Å²) in [5, 5.41) is 12.8. The van der Waals surface area contributed by atoms with Gasteiger partial charge in [0.15, 0.2) is 6.10 Å². The van der Waals surface area contributed by atoms with Gasteiger partial charge in [-0.3, -0.25) is 9.59 Å². The van der Waals surface area contributed by atoms with E-state index in [1.165, 1.54) is 0 Å². The molecule has 0 aromatic heterocycles. The van der Waals surface area contributed by atoms with Gasteiger partial charge in [0.1, 0.15) is 5.75 Å². The molecule has 1 saturated heterocycles. The molecule has 0 bridgehead atoms. The molecule has 0 spiro atoms. The number of carboxylic acids is 1. The van der Waals surface area contributed by atoms with Gasteiger partial charge in [-0.05, 0) is 36.6 Å². The van der Waals surface area contributed by atoms with Crippen molar-refractivity contribution in [3.63, 3.8) is 0 Å². The number of carboxylic acid groups (broad SMARTS) is 1. The molecule has 1 aromatic carbocycles. The van der Waals surface area contributed by atoms with E-state index in [-0.39, 0.29) is 12.5 Å². The van der Waals surface area contributed by atoms with E-state index in [1.54, 1.807) is 18.2 Å². The van der Waals surface area contributed by atoms with E-state index >= 15 is 0 Å². The lowest BCUT2D eigenvalue weighted by molar-refractivity contribution is -0.155. The number of ether oxygens (including phenoxy) is 2. The van der Waals surface area contributed by atoms with Gasteiger partial charge in [0.05, 0.1) is 5.41 Å². The summed E-state index contributed by atoms with van der Waals surface area (Å²) < 4.78 is 10.8. The number of carbonyl (C=O) groups is 2. The number of halogens is 1. The van der Waals surface area contributed by atoms with E-state index < -0.39 is 17.5 Å². The Balaban J connectivity index is 1.61. The maximum absolute atomic E-state index is 12.3. The van der Waals surface area contributed by atoms with Gasteiger partial charge >= 0.3 is 5.97 Å². The van der Waals surface area contributed by atoms with Crippen molar-refractivity contribution in [2.75, 3.05) is 19.8 Å². The van der Waals surface area contributed by atoms with E-state index in [1.807, 2.05) is 0 Å². The molecule has 1 amide bonds. The van der Waals surface area contributed by atoms with Gasteiger partial charge in [-0.2, -0.15) is 0 Å². The molecule has 6 nitrogen and oxygen atoms in total. The number of rotatable bonds is 4. The number of carbonyl (C=O) groups excluding carboxylic acids is 1. The highest BCUT2D eigenvalue weighted by Gasteiger charge is 2.41. The Morgan fingerprint density at radius 1 is 1.35 bits per heavy atom. The Morgan fingerprint density at radius 3 is 2.78 bits per heavy atom. The smallest absolute Gasteiger partial charge is 0.311 e. The van der Waals surface area contributed by atoms with Crippen molar-refractivity contribution in [1.82, 2.24) is 5.32 Å². The first-order chi connectivity index (χ1) is 11.0. The van der Waals surface area contributed by atoms with E-state index in [0.29, 0.717) is 43.2 Å². The van der Waals surface area contributed by atoms with Crippen molar-refractivity contribution < 1.29 is 24.2 Å². The molecule has 0 radical (unpaired) electrons. The third kappa shape index (κ3) is 3.28. The SMILES string of the molecule is O=C(NCC1(C(=O)O)CCOCC1)C1Cc2cc(Cl)ccc2O1. The van der Waals surface area contributed by atoms with Crippen LogP contribution in [0.2, 0.25) is 5.02 Å². The molecule has 2 aliphatic rings. The van der Waals surface area contributed by atoms with Crippen molar-refractivity contribution in [3.05, 3.63) is 28.8 Å². The monoisotopic (exact) mass is 339 g/mol. The molecule has 2 aliphatic heterocycles. The van der Waals surface area contributed by atoms with Crippen LogP contribution in [0.15, 0.2) is 18.2 Å². The Labute approximate surface area is 138 Å². The number of nitrogens with one attached hydrogen (secondary N) is 1. The van der Waals surface area contributed by atoms with Crippen LogP contribution in [0, 0.1) is 5.41 Å². The van der Waals surface area contributed by atoms with E-state index in [2.05, 4.69) is 5.32 Å². The normalized spacial score (nSPS) is 22.0. The summed E-state index contributed by atoms with van der Waals surface area (Å²) in [5.41, 5.74) is -0.0699. The second-order valence-electron chi connectivity index (χ2n) is 5.98. The summed E-state index contributed by atoms with van der Waals surface area (Å²) in [4.78, 5) is 23.9. The minimum Gasteiger partial charge on any atom is -0.481 e. The molecular formula is C16H18ClNO5. The minimum atomic E-state index is -0.956. The summed E-state index contributed by atoms with van der Waals surface area (Å²) in [5.74, 6) is -0.554. The average Bonchev–Trinajstić information content (AvgIpc) is 2.96. The summed E-state index contributed by atoms with van der Waals surface area (Å²) in [6.07, 6.45) is 0.577. The maximum Gasteiger partial charge on any atom is 0.311 e. The second-order valence-corrected chi connectivity index (χ2v) is 6.41. The molecule has 7 heteroatoms. The van der Waals surface area contributed by atoms with Gasteiger partial charge in [0.25, 0.3) is 5.91 Å². The standard InChI is InChI=1S/C16H18ClNO5/c17-11-1-2-12-10(7-11)8-13(23-12)14(19)18-9-16(15(20)21)3-5-22-6-4-16/h1-2,7,13H,3-6,8-9H2,(H,18,19)(H,20,21). The maximum atomic E-state index is 12.3. The first kappa shape index (κ1) is 16.1. The molecule has 0 aliphatic carbocycles. The summed E-state index contributed by atoms with van der Waals surface area (Å²) in [7, 11) is 0. The van der Waals surface area contributed by atoms with Crippen molar-refractivity contribution in [2.45, 2.75) is 25.4 Å². The zero-order valence-corrected chi connectivity index (χ0v) is 13.3. The van der Waals surface area contributed by atoms with Gasteiger partial charge < -0.3 is 19.9 Å². The van der Waals surface area contributed by atoms with Crippen molar-refractivity contribution in [3.8, 4) is 5.75 Å². The van der Waals surface area contributed by atoms with Crippen LogP contribution in [-0.4, -0.2) is 42.8 Å². The van der Waals surface area contributed by atoms with Gasteiger partial charge in [-0.15, -0.1) is 0 Å². The van der Waals surface area contributed by atoms with Crippen LogP contribution in [0.4, 0.5) is 0 Å². The highest BCUT2D eigenvalue weighted by atomic mass is 35.5. The highest BCUT2D eigenvalue weighted by Crippen LogP contribution is 2.32. The topological polar surface area (TPSA) is 84.9 Å². The second kappa shape index (κ2) is 6.37. The number of amides is 1. The first-order valence-corrected chi connectivity index (χ1v) is 7.92. The average molecular weight is 340 g/mol. The van der Waals surface area contributed by atoms with E-state index in [4.69, 9.17) is 21.1 Å². The minimum absolute atomic E-state index is 0.0848. The number of aliphatic carboxylic acids is 1. The molecule has 1 unspecified atom stereocenters. The van der Waals surface area contributed by atoms with Gasteiger partial charge in [0, 0.05) is 31.2 Å². The van der Waals surface area contributed by atoms with Gasteiger partial charge in [-0.25, -0.2) is 0 Å². The van der Waals surface area contributed by atoms with Crippen molar-refractivity contribution >= 4 is 23.5 Å². The molecule has 2 N–H and O–H groups in total. The third-order valence-electron chi connectivity index (χ3n) is 4.49. The fraction of sp³-hybridized carbons (Fsp3) is 0.500. The summed E-state index contributed by atoms with van der Waals surface area (Å²) >= 11 is 5.93. The third-order valence-corrected chi connectivity index (χ3v) is 4.73. The molecule has 1 fully saturated rings. The van der Waals surface area contributed by atoms with Crippen LogP contribution in [0.5, 0.6) is 5.75 Å². The van der Waals surface area contributed by atoms with Gasteiger partial charge in [-0.1, -0.05) is 11.6 Å². The molecule has 0 saturated carbocycles. The fourth-order valence-corrected chi connectivity index (χ4v) is 3.16. The van der Waals surface area contributed by atoms with Crippen LogP contribution in [0.1, 0.15) is 18.4 Å². The van der Waals surface area contributed by atoms with E-state index in [0.717, 1.165) is 5.56 Å². The summed E-state index contributed by atoms with van der Waals surface area (Å²) in [6, 6.07) is 5.23. The van der Waals surface area contributed by atoms with Crippen LogP contribution in [0.25, 0.3) is 0 Å². The molecule has 2 heterocycles. The van der Waals surface area contributed by atoms with E-state index in [9.17, 15) is 14.7 Å². The molecule has 1 atom stereocenters. The van der Waals surface area contributed by atoms with Crippen LogP contribution < -0.4 is 10.1 Å². The summed E-state index contributed by atoms with van der Waals surface area (Å²) in [6.45, 7) is 0.875. The highest BCUT2D eigenvalue weighted by molar-refractivity contribution is 6.30. The quantitative estimate of drug-likeness (QED) is 0.871. The Hall–Kier alpha value is -1.79. The predicted octanol–water partition coefficient (Wildman–Crippen LogP) is 1.64. The van der Waals surface area contributed by atoms with Crippen LogP contribution >= 0.6 is 11.6 Å². The zero-order chi connectivity index (χ0) is 16.4. The first-order valence-electron chi connectivity index (χ1n) is 7.54. The van der Waals surface area contributed by atoms with Crippen LogP contribution in [-0.2, 0) is 20.7 Å². The number of hydrogen-bond acceptors (Lipinski definition) is 4. The Bertz CT molecular complexity index is 627. The lowest BCUT2D eigenvalue weighted by Gasteiger charge is -2.33. The predicted molar refractivity (Wildman–Crippen MR) is 82.7 cm³/mol. The van der Waals surface area contributed by atoms with Crippen molar-refractivity contribution in [2.24, 2.45) is 5.41 Å².